The third kappa shape index (κ3) is 2.63. The predicted octanol–water partition coefficient (Wildman–Crippen LogP) is 3.14. The first kappa shape index (κ1) is 15.0. The Hall–Kier alpha value is -2.88. The van der Waals surface area contributed by atoms with E-state index in [9.17, 15) is 9.59 Å². The summed E-state index contributed by atoms with van der Waals surface area (Å²) in [5, 5.41) is 0. The van der Waals surface area contributed by atoms with E-state index in [4.69, 9.17) is 4.74 Å². The van der Waals surface area contributed by atoms with Gasteiger partial charge in [-0.05, 0) is 17.2 Å². The van der Waals surface area contributed by atoms with Crippen molar-refractivity contribution in [2.75, 3.05) is 18.6 Å². The molecule has 0 bridgehead atoms. The zero-order chi connectivity index (χ0) is 16.4. The second-order valence-corrected chi connectivity index (χ2v) is 5.33. The number of nitrogens with zero attached hydrogens (tertiary/aromatic N) is 1. The minimum absolute atomic E-state index is 0.0512. The van der Waals surface area contributed by atoms with Crippen LogP contribution in [0.3, 0.4) is 0 Å². The summed E-state index contributed by atoms with van der Waals surface area (Å²) in [6.45, 7) is 1.90. The van der Waals surface area contributed by atoms with E-state index in [1.54, 1.807) is 4.90 Å². The van der Waals surface area contributed by atoms with Crippen molar-refractivity contribution in [3.8, 4) is 0 Å². The monoisotopic (exact) mass is 307 g/mol. The number of anilines is 1. The molecule has 4 nitrogen and oxygen atoms in total. The summed E-state index contributed by atoms with van der Waals surface area (Å²) in [5.41, 5.74) is 3.83. The average Bonchev–Trinajstić information content (AvgIpc) is 2.96. The van der Waals surface area contributed by atoms with Crippen molar-refractivity contribution in [3.63, 3.8) is 0 Å². The van der Waals surface area contributed by atoms with Crippen LogP contribution in [0.25, 0.3) is 11.1 Å². The number of carbonyl (C=O) groups excluding carboxylic acids is 2. The van der Waals surface area contributed by atoms with Crippen molar-refractivity contribution in [1.82, 2.24) is 0 Å². The van der Waals surface area contributed by atoms with E-state index in [2.05, 4.69) is 0 Å². The van der Waals surface area contributed by atoms with Gasteiger partial charge in [-0.2, -0.15) is 0 Å². The van der Waals surface area contributed by atoms with Crippen LogP contribution in [0.1, 0.15) is 18.1 Å². The van der Waals surface area contributed by atoms with Crippen molar-refractivity contribution in [3.05, 3.63) is 65.7 Å². The molecule has 0 atom stereocenters. The molecule has 1 aliphatic rings. The number of esters is 1. The lowest BCUT2D eigenvalue weighted by molar-refractivity contribution is -0.133. The van der Waals surface area contributed by atoms with Gasteiger partial charge in [0.1, 0.15) is 0 Å². The number of rotatable bonds is 2. The zero-order valence-corrected chi connectivity index (χ0v) is 13.1. The molecule has 0 radical (unpaired) electrons. The molecular weight excluding hydrogens is 290 g/mol. The fourth-order valence-corrected chi connectivity index (χ4v) is 2.91. The van der Waals surface area contributed by atoms with Gasteiger partial charge >= 0.3 is 5.97 Å². The van der Waals surface area contributed by atoms with Gasteiger partial charge in [0.2, 0.25) is 5.91 Å². The molecule has 2 aromatic carbocycles. The Kier molecular flexibility index (Phi) is 3.98. The lowest BCUT2D eigenvalue weighted by Crippen LogP contribution is -2.26. The molecule has 23 heavy (non-hydrogen) atoms. The van der Waals surface area contributed by atoms with Crippen LogP contribution in [-0.2, 0) is 14.3 Å². The zero-order valence-electron chi connectivity index (χ0n) is 13.1. The molecule has 1 heterocycles. The Morgan fingerprint density at radius 2 is 1.65 bits per heavy atom. The lowest BCUT2D eigenvalue weighted by atomic mass is 9.96. The highest BCUT2D eigenvalue weighted by Crippen LogP contribution is 2.40. The summed E-state index contributed by atoms with van der Waals surface area (Å²) in [4.78, 5) is 26.0. The second-order valence-electron chi connectivity index (χ2n) is 5.33. The van der Waals surface area contributed by atoms with Crippen molar-refractivity contribution in [2.45, 2.75) is 6.92 Å². The Balaban J connectivity index is 2.25. The normalized spacial score (nSPS) is 15.1. The van der Waals surface area contributed by atoms with Gasteiger partial charge in [-0.25, -0.2) is 4.79 Å². The minimum Gasteiger partial charge on any atom is -0.465 e. The summed E-state index contributed by atoms with van der Waals surface area (Å²) >= 11 is 0. The second kappa shape index (κ2) is 6.08. The Morgan fingerprint density at radius 1 is 1.00 bits per heavy atom. The number of para-hydroxylation sites is 1. The highest BCUT2D eigenvalue weighted by Gasteiger charge is 2.31. The Labute approximate surface area is 135 Å². The van der Waals surface area contributed by atoms with Crippen LogP contribution in [0, 0.1) is 0 Å². The van der Waals surface area contributed by atoms with E-state index in [1.165, 1.54) is 14.0 Å². The third-order valence-corrected chi connectivity index (χ3v) is 3.97. The standard InChI is InChI=1S/C19H17NO3/c1-13(21)20-12-16(15-10-6-7-11-17(15)20)18(19(22)23-2)14-8-4-3-5-9-14/h3-11H,12H2,1-2H3/b18-16+. The number of amides is 1. The first-order valence-corrected chi connectivity index (χ1v) is 7.38. The molecule has 0 spiro atoms. The minimum atomic E-state index is -0.397. The fraction of sp³-hybridized carbons (Fsp3) is 0.158. The maximum atomic E-state index is 12.4. The first-order chi connectivity index (χ1) is 11.1. The van der Waals surface area contributed by atoms with Crippen LogP contribution < -0.4 is 4.90 Å². The molecule has 2 aromatic rings. The molecule has 0 saturated heterocycles. The molecule has 3 rings (SSSR count). The molecule has 0 unspecified atom stereocenters. The highest BCUT2D eigenvalue weighted by molar-refractivity contribution is 6.27. The van der Waals surface area contributed by atoms with Gasteiger partial charge in [0, 0.05) is 12.5 Å². The predicted molar refractivity (Wildman–Crippen MR) is 89.7 cm³/mol. The molecule has 0 aromatic heterocycles. The van der Waals surface area contributed by atoms with Crippen LogP contribution in [-0.4, -0.2) is 25.5 Å². The maximum absolute atomic E-state index is 12.4. The van der Waals surface area contributed by atoms with Crippen molar-refractivity contribution in [2.24, 2.45) is 0 Å². The number of fused-ring (bicyclic) bond motifs is 1. The van der Waals surface area contributed by atoms with E-state index in [1.807, 2.05) is 54.6 Å². The average molecular weight is 307 g/mol. The molecule has 0 saturated carbocycles. The van der Waals surface area contributed by atoms with E-state index in [-0.39, 0.29) is 5.91 Å². The number of hydrogen-bond acceptors (Lipinski definition) is 3. The van der Waals surface area contributed by atoms with Crippen molar-refractivity contribution >= 4 is 28.7 Å². The van der Waals surface area contributed by atoms with Crippen LogP contribution in [0.2, 0.25) is 0 Å². The van der Waals surface area contributed by atoms with E-state index in [0.29, 0.717) is 12.1 Å². The molecule has 1 aliphatic heterocycles. The number of benzene rings is 2. The summed E-state index contributed by atoms with van der Waals surface area (Å²) in [6.07, 6.45) is 0. The number of hydrogen-bond donors (Lipinski definition) is 0. The number of methoxy groups -OCH3 is 1. The van der Waals surface area contributed by atoms with Crippen LogP contribution in [0.5, 0.6) is 0 Å². The smallest absolute Gasteiger partial charge is 0.338 e. The summed E-state index contributed by atoms with van der Waals surface area (Å²) in [6, 6.07) is 17.0. The van der Waals surface area contributed by atoms with Gasteiger partial charge < -0.3 is 9.64 Å². The quantitative estimate of drug-likeness (QED) is 0.632. The maximum Gasteiger partial charge on any atom is 0.338 e. The van der Waals surface area contributed by atoms with Gasteiger partial charge in [-0.3, -0.25) is 4.79 Å². The Bertz CT molecular complexity index is 793. The van der Waals surface area contributed by atoms with Gasteiger partial charge in [0.05, 0.1) is 24.9 Å². The molecule has 0 fully saturated rings. The van der Waals surface area contributed by atoms with E-state index >= 15 is 0 Å². The van der Waals surface area contributed by atoms with Gasteiger partial charge in [0.15, 0.2) is 0 Å². The summed E-state index contributed by atoms with van der Waals surface area (Å²) in [5.74, 6) is -0.448. The molecule has 0 N–H and O–H groups in total. The molecular formula is C19H17NO3. The molecule has 116 valence electrons. The Morgan fingerprint density at radius 3 is 2.30 bits per heavy atom. The van der Waals surface area contributed by atoms with Crippen molar-refractivity contribution in [1.29, 1.82) is 0 Å². The van der Waals surface area contributed by atoms with Gasteiger partial charge in [-0.15, -0.1) is 0 Å². The van der Waals surface area contributed by atoms with E-state index < -0.39 is 5.97 Å². The third-order valence-electron chi connectivity index (χ3n) is 3.97. The van der Waals surface area contributed by atoms with Crippen LogP contribution in [0.4, 0.5) is 5.69 Å². The SMILES string of the molecule is COC(=O)/C(=C1\CN(C(C)=O)c2ccccc21)c1ccccc1. The molecule has 4 heteroatoms. The first-order valence-electron chi connectivity index (χ1n) is 7.38. The largest absolute Gasteiger partial charge is 0.465 e. The van der Waals surface area contributed by atoms with Crippen LogP contribution >= 0.6 is 0 Å². The summed E-state index contributed by atoms with van der Waals surface area (Å²) in [7, 11) is 1.37. The van der Waals surface area contributed by atoms with Crippen LogP contribution in [0.15, 0.2) is 54.6 Å². The fourth-order valence-electron chi connectivity index (χ4n) is 2.91. The lowest BCUT2D eigenvalue weighted by Gasteiger charge is -2.14. The van der Waals surface area contributed by atoms with Gasteiger partial charge in [0.25, 0.3) is 0 Å². The molecule has 1 amide bonds. The van der Waals surface area contributed by atoms with Gasteiger partial charge in [-0.1, -0.05) is 48.5 Å². The highest BCUT2D eigenvalue weighted by atomic mass is 16.5. The number of ether oxygens (including phenoxy) is 1. The summed E-state index contributed by atoms with van der Waals surface area (Å²) < 4.78 is 4.99. The topological polar surface area (TPSA) is 46.6 Å². The van der Waals surface area contributed by atoms with E-state index in [0.717, 1.165) is 22.4 Å². The molecule has 0 aliphatic carbocycles. The van der Waals surface area contributed by atoms with Crippen molar-refractivity contribution < 1.29 is 14.3 Å². The number of carbonyl (C=O) groups is 2.